The van der Waals surface area contributed by atoms with Gasteiger partial charge in [-0.1, -0.05) is 77.1 Å². The molecular weight excluding hydrogens is 562 g/mol. The van der Waals surface area contributed by atoms with E-state index in [4.69, 9.17) is 9.84 Å². The van der Waals surface area contributed by atoms with Gasteiger partial charge in [0.2, 0.25) is 11.1 Å². The molecule has 2 heterocycles. The zero-order valence-electron chi connectivity index (χ0n) is 21.1. The maximum atomic E-state index is 13.6. The quantitative estimate of drug-likeness (QED) is 0.204. The fraction of sp³-hybridized carbons (Fsp3) is 0.207. The molecule has 1 atom stereocenters. The smallest absolute Gasteiger partial charge is 0.255 e. The molecule has 38 heavy (non-hydrogen) atoms. The van der Waals surface area contributed by atoms with E-state index in [0.717, 1.165) is 44.9 Å². The van der Waals surface area contributed by atoms with E-state index < -0.39 is 6.04 Å². The number of nitrogens with zero attached hydrogens (tertiary/aromatic N) is 3. The largest absolute Gasteiger partial charge is 0.489 e. The lowest BCUT2D eigenvalue weighted by Gasteiger charge is -2.28. The Morgan fingerprint density at radius 2 is 1.89 bits per heavy atom. The lowest BCUT2D eigenvalue weighted by Crippen LogP contribution is -2.31. The molecule has 0 aliphatic carbocycles. The van der Waals surface area contributed by atoms with Gasteiger partial charge in [-0.25, -0.2) is 4.68 Å². The van der Waals surface area contributed by atoms with Crippen molar-refractivity contribution in [1.82, 2.24) is 14.8 Å². The highest BCUT2D eigenvalue weighted by Gasteiger charge is 2.34. The Hall–Kier alpha value is -3.56. The number of carbonyl (C=O) groups is 1. The van der Waals surface area contributed by atoms with Gasteiger partial charge in [0.05, 0.1) is 5.57 Å². The second-order valence-corrected chi connectivity index (χ2v) is 10.9. The van der Waals surface area contributed by atoms with E-state index >= 15 is 0 Å². The van der Waals surface area contributed by atoms with E-state index in [9.17, 15) is 4.79 Å². The first-order valence-electron chi connectivity index (χ1n) is 12.4. The van der Waals surface area contributed by atoms with Gasteiger partial charge in [-0.3, -0.25) is 4.79 Å². The van der Waals surface area contributed by atoms with Crippen molar-refractivity contribution in [2.75, 3.05) is 16.4 Å². The minimum atomic E-state index is -0.447. The number of amides is 1. The molecule has 1 aromatic heterocycles. The first-order valence-corrected chi connectivity index (χ1v) is 14.2. The van der Waals surface area contributed by atoms with Crippen molar-refractivity contribution >= 4 is 45.2 Å². The molecule has 1 amide bonds. The number of para-hydroxylation sites is 1. The van der Waals surface area contributed by atoms with Crippen LogP contribution in [0.5, 0.6) is 5.75 Å². The summed E-state index contributed by atoms with van der Waals surface area (Å²) in [5.41, 5.74) is 4.05. The molecule has 3 aromatic carbocycles. The molecule has 0 bridgehead atoms. The van der Waals surface area contributed by atoms with Crippen LogP contribution in [-0.4, -0.2) is 26.4 Å². The van der Waals surface area contributed by atoms with Gasteiger partial charge in [0.1, 0.15) is 18.4 Å². The number of fused-ring (bicyclic) bond motifs is 1. The average Bonchev–Trinajstić information content (AvgIpc) is 3.33. The Morgan fingerprint density at radius 1 is 1.11 bits per heavy atom. The summed E-state index contributed by atoms with van der Waals surface area (Å²) in [5.74, 6) is 2.10. The van der Waals surface area contributed by atoms with Gasteiger partial charge in [-0.2, -0.15) is 4.98 Å². The first kappa shape index (κ1) is 26.1. The summed E-state index contributed by atoms with van der Waals surface area (Å²) in [6, 6.07) is 24.9. The molecular formula is C29H28BrN5O2S. The molecule has 5 rings (SSSR count). The van der Waals surface area contributed by atoms with Gasteiger partial charge in [-0.15, -0.1) is 5.10 Å². The van der Waals surface area contributed by atoms with E-state index in [1.165, 1.54) is 0 Å². The third-order valence-corrected chi connectivity index (χ3v) is 7.57. The number of halogens is 1. The predicted molar refractivity (Wildman–Crippen MR) is 155 cm³/mol. The molecule has 1 unspecified atom stereocenters. The minimum Gasteiger partial charge on any atom is -0.489 e. The normalized spacial score (nSPS) is 14.6. The first-order chi connectivity index (χ1) is 18.5. The molecule has 0 radical (unpaired) electrons. The molecule has 1 aliphatic heterocycles. The predicted octanol–water partition coefficient (Wildman–Crippen LogP) is 7.05. The fourth-order valence-corrected chi connectivity index (χ4v) is 5.38. The van der Waals surface area contributed by atoms with Crippen LogP contribution in [-0.2, 0) is 11.4 Å². The number of hydrogen-bond donors (Lipinski definition) is 2. The van der Waals surface area contributed by atoms with Crippen molar-refractivity contribution in [2.24, 2.45) is 0 Å². The summed E-state index contributed by atoms with van der Waals surface area (Å²) in [6.07, 6.45) is 1.02. The molecule has 0 saturated heterocycles. The summed E-state index contributed by atoms with van der Waals surface area (Å²) < 4.78 is 8.84. The van der Waals surface area contributed by atoms with Crippen molar-refractivity contribution in [3.05, 3.63) is 106 Å². The van der Waals surface area contributed by atoms with Gasteiger partial charge in [0, 0.05) is 21.6 Å². The van der Waals surface area contributed by atoms with Gasteiger partial charge in [0.15, 0.2) is 0 Å². The third kappa shape index (κ3) is 5.95. The number of carbonyl (C=O) groups excluding carboxylic acids is 1. The van der Waals surface area contributed by atoms with Gasteiger partial charge >= 0.3 is 0 Å². The molecule has 7 nitrogen and oxygen atoms in total. The highest BCUT2D eigenvalue weighted by molar-refractivity contribution is 9.10. The molecule has 0 fully saturated rings. The van der Waals surface area contributed by atoms with Gasteiger partial charge < -0.3 is 15.4 Å². The third-order valence-electron chi connectivity index (χ3n) is 6.04. The van der Waals surface area contributed by atoms with E-state index in [1.54, 1.807) is 11.8 Å². The summed E-state index contributed by atoms with van der Waals surface area (Å²) in [4.78, 5) is 18.3. The Labute approximate surface area is 234 Å². The van der Waals surface area contributed by atoms with Crippen LogP contribution in [0.25, 0.3) is 0 Å². The van der Waals surface area contributed by atoms with Crippen LogP contribution in [0.1, 0.15) is 37.4 Å². The highest BCUT2D eigenvalue weighted by atomic mass is 79.9. The number of benzene rings is 3. The second kappa shape index (κ2) is 11.9. The minimum absolute atomic E-state index is 0.190. The molecule has 4 aromatic rings. The lowest BCUT2D eigenvalue weighted by atomic mass is 9.95. The number of allylic oxidation sites excluding steroid dienone is 1. The maximum absolute atomic E-state index is 13.6. The fourth-order valence-electron chi connectivity index (χ4n) is 4.25. The summed E-state index contributed by atoms with van der Waals surface area (Å²) in [5, 5.41) is 11.8. The number of ether oxygens (including phenoxy) is 1. The number of hydrogen-bond acceptors (Lipinski definition) is 6. The van der Waals surface area contributed by atoms with Crippen molar-refractivity contribution in [2.45, 2.75) is 38.1 Å². The summed E-state index contributed by atoms with van der Waals surface area (Å²) in [7, 11) is 0. The summed E-state index contributed by atoms with van der Waals surface area (Å²) >= 11 is 5.11. The van der Waals surface area contributed by atoms with E-state index in [-0.39, 0.29) is 5.91 Å². The van der Waals surface area contributed by atoms with Crippen molar-refractivity contribution in [3.8, 4) is 5.75 Å². The van der Waals surface area contributed by atoms with Crippen LogP contribution in [0.2, 0.25) is 0 Å². The van der Waals surface area contributed by atoms with Crippen LogP contribution in [0.3, 0.4) is 0 Å². The zero-order valence-corrected chi connectivity index (χ0v) is 23.6. The molecule has 9 heteroatoms. The Kier molecular flexibility index (Phi) is 8.14. The number of rotatable bonds is 9. The van der Waals surface area contributed by atoms with Crippen molar-refractivity contribution in [1.29, 1.82) is 0 Å². The average molecular weight is 591 g/mol. The van der Waals surface area contributed by atoms with Crippen LogP contribution in [0.15, 0.2) is 99.8 Å². The SMILES string of the molecule is CCCSc1nc2n(n1)C(c1ccc(OCc3cccc(Br)c3)cc1)C(C(=O)Nc1ccccc1)=C(C)N2. The number of anilines is 2. The summed E-state index contributed by atoms with van der Waals surface area (Å²) in [6.45, 7) is 4.49. The molecule has 1 aliphatic rings. The number of aromatic nitrogens is 3. The second-order valence-electron chi connectivity index (χ2n) is 8.89. The topological polar surface area (TPSA) is 81.1 Å². The van der Waals surface area contributed by atoms with Crippen LogP contribution in [0.4, 0.5) is 11.6 Å². The number of thioether (sulfide) groups is 1. The Balaban J connectivity index is 1.44. The highest BCUT2D eigenvalue weighted by Crippen LogP contribution is 2.37. The molecule has 0 spiro atoms. The van der Waals surface area contributed by atoms with Gasteiger partial charge in [-0.05, 0) is 60.9 Å². The van der Waals surface area contributed by atoms with E-state index in [2.05, 4.69) is 38.5 Å². The monoisotopic (exact) mass is 589 g/mol. The van der Waals surface area contributed by atoms with Crippen LogP contribution < -0.4 is 15.4 Å². The zero-order chi connectivity index (χ0) is 26.5. The lowest BCUT2D eigenvalue weighted by molar-refractivity contribution is -0.113. The molecule has 2 N–H and O–H groups in total. The van der Waals surface area contributed by atoms with Gasteiger partial charge in [0.25, 0.3) is 5.91 Å². The van der Waals surface area contributed by atoms with E-state index in [1.807, 2.05) is 90.5 Å². The maximum Gasteiger partial charge on any atom is 0.255 e. The van der Waals surface area contributed by atoms with Crippen LogP contribution in [0, 0.1) is 0 Å². The standard InChI is InChI=1S/C29H28BrN5O2S/c1-3-16-38-29-33-28-31-19(2)25(27(36)32-23-10-5-4-6-11-23)26(35(28)34-29)21-12-14-24(15-13-21)37-18-20-8-7-9-22(30)17-20/h4-15,17,26H,3,16,18H2,1-2H3,(H,32,36)(H,31,33,34). The Bertz CT molecular complexity index is 1450. The van der Waals surface area contributed by atoms with Crippen molar-refractivity contribution in [3.63, 3.8) is 0 Å². The molecule has 0 saturated carbocycles. The number of nitrogens with one attached hydrogen (secondary N) is 2. The Morgan fingerprint density at radius 3 is 2.63 bits per heavy atom. The van der Waals surface area contributed by atoms with E-state index in [0.29, 0.717) is 23.3 Å². The van der Waals surface area contributed by atoms with Crippen LogP contribution >= 0.6 is 27.7 Å². The van der Waals surface area contributed by atoms with Crippen molar-refractivity contribution < 1.29 is 9.53 Å². The molecule has 194 valence electrons.